The highest BCUT2D eigenvalue weighted by atomic mass is 14.1. The molecule has 0 saturated carbocycles. The van der Waals surface area contributed by atoms with Crippen molar-refractivity contribution in [3.8, 4) is 11.1 Å². The van der Waals surface area contributed by atoms with Crippen LogP contribution in [0, 0.1) is 27.7 Å². The smallest absolute Gasteiger partial charge is 0.0154 e. The van der Waals surface area contributed by atoms with Crippen molar-refractivity contribution >= 4 is 0 Å². The van der Waals surface area contributed by atoms with E-state index >= 15 is 0 Å². The van der Waals surface area contributed by atoms with E-state index in [9.17, 15) is 0 Å². The number of benzene rings is 2. The highest BCUT2D eigenvalue weighted by molar-refractivity contribution is 5.68. The first-order chi connectivity index (χ1) is 7.58. The minimum absolute atomic E-state index is 1.32. The lowest BCUT2D eigenvalue weighted by molar-refractivity contribution is 1.33. The van der Waals surface area contributed by atoms with Crippen molar-refractivity contribution in [2.45, 2.75) is 27.7 Å². The molecule has 0 nitrogen and oxygen atoms in total. The normalized spacial score (nSPS) is 10.5. The summed E-state index contributed by atoms with van der Waals surface area (Å²) < 4.78 is 0. The number of hydrogen-bond donors (Lipinski definition) is 0. The van der Waals surface area contributed by atoms with E-state index in [0.717, 1.165) is 0 Å². The van der Waals surface area contributed by atoms with E-state index in [2.05, 4.69) is 64.1 Å². The van der Waals surface area contributed by atoms with Crippen molar-refractivity contribution in [3.63, 3.8) is 0 Å². The van der Waals surface area contributed by atoms with E-state index in [1.807, 2.05) is 0 Å². The first-order valence-corrected chi connectivity index (χ1v) is 5.73. The molecule has 0 saturated heterocycles. The first-order valence-electron chi connectivity index (χ1n) is 5.73. The first kappa shape index (κ1) is 10.9. The van der Waals surface area contributed by atoms with Gasteiger partial charge in [-0.3, -0.25) is 0 Å². The minimum atomic E-state index is 1.32. The third kappa shape index (κ3) is 2.01. The molecule has 0 aliphatic carbocycles. The van der Waals surface area contributed by atoms with E-state index in [-0.39, 0.29) is 0 Å². The molecule has 0 atom stereocenters. The molecule has 0 spiro atoms. The van der Waals surface area contributed by atoms with E-state index in [4.69, 9.17) is 0 Å². The van der Waals surface area contributed by atoms with Crippen LogP contribution in [0.15, 0.2) is 36.4 Å². The Morgan fingerprint density at radius 2 is 1.38 bits per heavy atom. The maximum absolute atomic E-state index is 2.27. The van der Waals surface area contributed by atoms with E-state index in [1.54, 1.807) is 0 Å². The Hall–Kier alpha value is -1.56. The van der Waals surface area contributed by atoms with Gasteiger partial charge in [0, 0.05) is 0 Å². The van der Waals surface area contributed by atoms with Gasteiger partial charge in [0.05, 0.1) is 0 Å². The van der Waals surface area contributed by atoms with Crippen LogP contribution < -0.4 is 0 Å². The van der Waals surface area contributed by atoms with Gasteiger partial charge in [-0.15, -0.1) is 0 Å². The Bertz CT molecular complexity index is 522. The molecular formula is C16H18. The SMILES string of the molecule is Cc1ccc(-c2ccc(C)c(C)c2)c(C)c1. The van der Waals surface area contributed by atoms with Crippen LogP contribution in [0.1, 0.15) is 22.3 Å². The monoisotopic (exact) mass is 210 g/mol. The second-order valence-electron chi connectivity index (χ2n) is 4.62. The van der Waals surface area contributed by atoms with E-state index < -0.39 is 0 Å². The lowest BCUT2D eigenvalue weighted by atomic mass is 9.96. The predicted molar refractivity (Wildman–Crippen MR) is 70.8 cm³/mol. The summed E-state index contributed by atoms with van der Waals surface area (Å²) in [5.74, 6) is 0. The number of rotatable bonds is 1. The summed E-state index contributed by atoms with van der Waals surface area (Å²) in [4.78, 5) is 0. The summed E-state index contributed by atoms with van der Waals surface area (Å²) in [6.07, 6.45) is 0. The quantitative estimate of drug-likeness (QED) is 0.646. The number of hydrogen-bond acceptors (Lipinski definition) is 0. The van der Waals surface area contributed by atoms with Gasteiger partial charge in [0.2, 0.25) is 0 Å². The summed E-state index contributed by atoms with van der Waals surface area (Å²) in [6, 6.07) is 13.3. The standard InChI is InChI=1S/C16H18/c1-11-5-8-16(14(4)9-11)15-7-6-12(2)13(3)10-15/h5-10H,1-4H3. The van der Waals surface area contributed by atoms with Crippen LogP contribution in [0.2, 0.25) is 0 Å². The fourth-order valence-electron chi connectivity index (χ4n) is 2.05. The lowest BCUT2D eigenvalue weighted by Gasteiger charge is -2.09. The maximum atomic E-state index is 2.27. The molecule has 2 aromatic carbocycles. The topological polar surface area (TPSA) is 0 Å². The number of aryl methyl sites for hydroxylation is 4. The average molecular weight is 210 g/mol. The van der Waals surface area contributed by atoms with Gasteiger partial charge in [0.25, 0.3) is 0 Å². The highest BCUT2D eigenvalue weighted by Gasteiger charge is 2.03. The molecule has 2 rings (SSSR count). The molecule has 0 aliphatic rings. The molecule has 82 valence electrons. The Morgan fingerprint density at radius 3 is 2.00 bits per heavy atom. The molecule has 2 aromatic rings. The molecule has 0 radical (unpaired) electrons. The molecule has 16 heavy (non-hydrogen) atoms. The molecule has 0 aromatic heterocycles. The van der Waals surface area contributed by atoms with Gasteiger partial charge in [-0.05, 0) is 55.5 Å². The van der Waals surface area contributed by atoms with Gasteiger partial charge in [0.15, 0.2) is 0 Å². The maximum Gasteiger partial charge on any atom is -0.0154 e. The Morgan fingerprint density at radius 1 is 0.625 bits per heavy atom. The zero-order valence-corrected chi connectivity index (χ0v) is 10.5. The summed E-state index contributed by atoms with van der Waals surface area (Å²) in [6.45, 7) is 8.64. The molecule has 0 unspecified atom stereocenters. The molecule has 0 amide bonds. The van der Waals surface area contributed by atoms with E-state index in [1.165, 1.54) is 33.4 Å². The third-order valence-electron chi connectivity index (χ3n) is 3.20. The van der Waals surface area contributed by atoms with E-state index in [0.29, 0.717) is 0 Å². The summed E-state index contributed by atoms with van der Waals surface area (Å²) in [7, 11) is 0. The third-order valence-corrected chi connectivity index (χ3v) is 3.20. The van der Waals surface area contributed by atoms with Crippen LogP contribution in [-0.2, 0) is 0 Å². The summed E-state index contributed by atoms with van der Waals surface area (Å²) >= 11 is 0. The van der Waals surface area contributed by atoms with Crippen molar-refractivity contribution in [2.75, 3.05) is 0 Å². The van der Waals surface area contributed by atoms with Gasteiger partial charge >= 0.3 is 0 Å². The second kappa shape index (κ2) is 4.13. The van der Waals surface area contributed by atoms with Crippen LogP contribution in [0.3, 0.4) is 0 Å². The Kier molecular flexibility index (Phi) is 2.82. The Labute approximate surface area is 97.9 Å². The molecule has 0 heteroatoms. The molecule has 0 heterocycles. The van der Waals surface area contributed by atoms with Crippen LogP contribution in [0.25, 0.3) is 11.1 Å². The predicted octanol–water partition coefficient (Wildman–Crippen LogP) is 4.59. The van der Waals surface area contributed by atoms with Gasteiger partial charge in [-0.1, -0.05) is 42.0 Å². The fourth-order valence-corrected chi connectivity index (χ4v) is 2.05. The fraction of sp³-hybridized carbons (Fsp3) is 0.250. The van der Waals surface area contributed by atoms with Gasteiger partial charge in [0.1, 0.15) is 0 Å². The highest BCUT2D eigenvalue weighted by Crippen LogP contribution is 2.25. The van der Waals surface area contributed by atoms with Crippen LogP contribution >= 0.6 is 0 Å². The molecule has 0 N–H and O–H groups in total. The van der Waals surface area contributed by atoms with Crippen LogP contribution in [-0.4, -0.2) is 0 Å². The van der Waals surface area contributed by atoms with Crippen LogP contribution in [0.4, 0.5) is 0 Å². The van der Waals surface area contributed by atoms with Crippen molar-refractivity contribution in [2.24, 2.45) is 0 Å². The Balaban J connectivity index is 2.54. The molecular weight excluding hydrogens is 192 g/mol. The van der Waals surface area contributed by atoms with Gasteiger partial charge in [-0.25, -0.2) is 0 Å². The van der Waals surface area contributed by atoms with Crippen molar-refractivity contribution in [3.05, 3.63) is 58.7 Å². The average Bonchev–Trinajstić information content (AvgIpc) is 2.22. The molecule has 0 fully saturated rings. The summed E-state index contributed by atoms with van der Waals surface area (Å²) in [5, 5.41) is 0. The zero-order chi connectivity index (χ0) is 11.7. The lowest BCUT2D eigenvalue weighted by Crippen LogP contribution is -1.87. The summed E-state index contributed by atoms with van der Waals surface area (Å²) in [5.41, 5.74) is 8.05. The van der Waals surface area contributed by atoms with Crippen molar-refractivity contribution < 1.29 is 0 Å². The minimum Gasteiger partial charge on any atom is -0.0587 e. The van der Waals surface area contributed by atoms with Crippen molar-refractivity contribution in [1.29, 1.82) is 0 Å². The van der Waals surface area contributed by atoms with Gasteiger partial charge in [-0.2, -0.15) is 0 Å². The second-order valence-corrected chi connectivity index (χ2v) is 4.62. The largest absolute Gasteiger partial charge is 0.0587 e. The van der Waals surface area contributed by atoms with Gasteiger partial charge < -0.3 is 0 Å². The van der Waals surface area contributed by atoms with Crippen LogP contribution in [0.5, 0.6) is 0 Å². The molecule has 0 aliphatic heterocycles. The zero-order valence-electron chi connectivity index (χ0n) is 10.5. The van der Waals surface area contributed by atoms with Crippen molar-refractivity contribution in [1.82, 2.24) is 0 Å². The molecule has 0 bridgehead atoms.